The van der Waals surface area contributed by atoms with Gasteiger partial charge < -0.3 is 14.9 Å². The molecule has 0 amide bonds. The summed E-state index contributed by atoms with van der Waals surface area (Å²) < 4.78 is 5.89. The van der Waals surface area contributed by atoms with Gasteiger partial charge in [-0.25, -0.2) is 0 Å². The van der Waals surface area contributed by atoms with E-state index in [9.17, 15) is 0 Å². The van der Waals surface area contributed by atoms with Crippen molar-refractivity contribution in [2.45, 2.75) is 38.2 Å². The summed E-state index contributed by atoms with van der Waals surface area (Å²) in [6, 6.07) is 8.00. The van der Waals surface area contributed by atoms with Crippen molar-refractivity contribution >= 4 is 0 Å². The van der Waals surface area contributed by atoms with E-state index in [0.29, 0.717) is 12.5 Å². The van der Waals surface area contributed by atoms with Crippen molar-refractivity contribution in [1.82, 2.24) is 0 Å². The monoisotopic (exact) mass is 250 g/mol. The largest absolute Gasteiger partial charge is 0.490 e. The Morgan fingerprint density at radius 3 is 2.22 bits per heavy atom. The van der Waals surface area contributed by atoms with Crippen LogP contribution in [0.3, 0.4) is 0 Å². The van der Waals surface area contributed by atoms with Gasteiger partial charge in [-0.1, -0.05) is 12.1 Å². The summed E-state index contributed by atoms with van der Waals surface area (Å²) >= 11 is 0. The normalized spacial score (nSPS) is 16.4. The molecule has 1 fully saturated rings. The fourth-order valence-electron chi connectivity index (χ4n) is 2.42. The van der Waals surface area contributed by atoms with Crippen LogP contribution in [0.5, 0.6) is 5.75 Å². The van der Waals surface area contributed by atoms with Gasteiger partial charge in [0.05, 0.1) is 6.10 Å². The predicted molar refractivity (Wildman–Crippen MR) is 70.7 cm³/mol. The van der Waals surface area contributed by atoms with E-state index in [0.717, 1.165) is 11.3 Å². The Balaban J connectivity index is 1.88. The Morgan fingerprint density at radius 1 is 1.06 bits per heavy atom. The zero-order valence-corrected chi connectivity index (χ0v) is 10.7. The molecule has 3 nitrogen and oxygen atoms in total. The van der Waals surface area contributed by atoms with E-state index in [2.05, 4.69) is 0 Å². The maximum atomic E-state index is 9.05. The van der Waals surface area contributed by atoms with Gasteiger partial charge in [-0.3, -0.25) is 0 Å². The average molecular weight is 250 g/mol. The molecule has 0 bridgehead atoms. The first kappa shape index (κ1) is 13.4. The Bertz CT molecular complexity index is 314. The first-order valence-electron chi connectivity index (χ1n) is 6.79. The first-order chi connectivity index (χ1) is 8.81. The molecule has 1 aliphatic carbocycles. The van der Waals surface area contributed by atoms with Crippen LogP contribution in [0, 0.1) is 5.92 Å². The smallest absolute Gasteiger partial charge is 0.119 e. The molecule has 1 saturated carbocycles. The van der Waals surface area contributed by atoms with E-state index in [1.807, 2.05) is 24.3 Å². The quantitative estimate of drug-likeness (QED) is 0.813. The molecule has 1 aromatic rings. The van der Waals surface area contributed by atoms with Crippen LogP contribution in [0.4, 0.5) is 0 Å². The molecule has 0 saturated heterocycles. The molecule has 1 aliphatic rings. The maximum absolute atomic E-state index is 9.05. The SMILES string of the molecule is OCC(CO)Cc1ccc(OC2CCCC2)cc1. The molecule has 0 spiro atoms. The summed E-state index contributed by atoms with van der Waals surface area (Å²) in [6.07, 6.45) is 5.97. The summed E-state index contributed by atoms with van der Waals surface area (Å²) in [5.41, 5.74) is 1.13. The lowest BCUT2D eigenvalue weighted by molar-refractivity contribution is 0.150. The second-order valence-corrected chi connectivity index (χ2v) is 5.10. The summed E-state index contributed by atoms with van der Waals surface area (Å²) in [6.45, 7) is 0.0493. The molecule has 0 heterocycles. The lowest BCUT2D eigenvalue weighted by Crippen LogP contribution is -2.14. The van der Waals surface area contributed by atoms with E-state index >= 15 is 0 Å². The lowest BCUT2D eigenvalue weighted by atomic mass is 10.0. The van der Waals surface area contributed by atoms with Crippen LogP contribution >= 0.6 is 0 Å². The van der Waals surface area contributed by atoms with Crippen LogP contribution in [0.2, 0.25) is 0 Å². The van der Waals surface area contributed by atoms with E-state index in [4.69, 9.17) is 14.9 Å². The Labute approximate surface area is 108 Å². The number of aliphatic hydroxyl groups is 2. The van der Waals surface area contributed by atoms with Gasteiger partial charge >= 0.3 is 0 Å². The standard InChI is InChI=1S/C15H22O3/c16-10-13(11-17)9-12-5-7-15(8-6-12)18-14-3-1-2-4-14/h5-8,13-14,16-17H,1-4,9-11H2. The van der Waals surface area contributed by atoms with Crippen LogP contribution in [0.25, 0.3) is 0 Å². The van der Waals surface area contributed by atoms with Crippen LogP contribution in [0.15, 0.2) is 24.3 Å². The molecule has 100 valence electrons. The van der Waals surface area contributed by atoms with Gasteiger partial charge in [-0.15, -0.1) is 0 Å². The van der Waals surface area contributed by atoms with Crippen molar-refractivity contribution < 1.29 is 14.9 Å². The molecule has 3 heteroatoms. The molecule has 0 aromatic heterocycles. The average Bonchev–Trinajstić information content (AvgIpc) is 2.91. The van der Waals surface area contributed by atoms with E-state index in [-0.39, 0.29) is 19.1 Å². The summed E-state index contributed by atoms with van der Waals surface area (Å²) in [5.74, 6) is 0.863. The second kappa shape index (κ2) is 6.76. The van der Waals surface area contributed by atoms with Gasteiger partial charge in [-0.05, 0) is 49.8 Å². The third-order valence-corrected chi connectivity index (χ3v) is 3.57. The van der Waals surface area contributed by atoms with Gasteiger partial charge in [0.2, 0.25) is 0 Å². The highest BCUT2D eigenvalue weighted by Crippen LogP contribution is 2.24. The molecule has 18 heavy (non-hydrogen) atoms. The van der Waals surface area contributed by atoms with Crippen molar-refractivity contribution in [1.29, 1.82) is 0 Å². The molecular weight excluding hydrogens is 228 g/mol. The number of hydrogen-bond acceptors (Lipinski definition) is 3. The Morgan fingerprint density at radius 2 is 1.67 bits per heavy atom. The second-order valence-electron chi connectivity index (χ2n) is 5.10. The van der Waals surface area contributed by atoms with Crippen LogP contribution < -0.4 is 4.74 Å². The van der Waals surface area contributed by atoms with Crippen molar-refractivity contribution in [3.05, 3.63) is 29.8 Å². The van der Waals surface area contributed by atoms with Gasteiger partial charge in [0.1, 0.15) is 5.75 Å². The number of ether oxygens (including phenoxy) is 1. The number of aliphatic hydroxyl groups excluding tert-OH is 2. The van der Waals surface area contributed by atoms with Gasteiger partial charge in [0.15, 0.2) is 0 Å². The molecule has 0 aliphatic heterocycles. The third-order valence-electron chi connectivity index (χ3n) is 3.57. The molecule has 0 atom stereocenters. The van der Waals surface area contributed by atoms with Crippen LogP contribution in [-0.2, 0) is 6.42 Å². The van der Waals surface area contributed by atoms with E-state index in [1.54, 1.807) is 0 Å². The molecule has 2 rings (SSSR count). The highest BCUT2D eigenvalue weighted by molar-refractivity contribution is 5.27. The minimum absolute atomic E-state index is 0.0246. The van der Waals surface area contributed by atoms with Gasteiger partial charge in [-0.2, -0.15) is 0 Å². The van der Waals surface area contributed by atoms with E-state index < -0.39 is 0 Å². The minimum Gasteiger partial charge on any atom is -0.490 e. The highest BCUT2D eigenvalue weighted by atomic mass is 16.5. The number of benzene rings is 1. The fourth-order valence-corrected chi connectivity index (χ4v) is 2.42. The summed E-state index contributed by atoms with van der Waals surface area (Å²) in [7, 11) is 0. The predicted octanol–water partition coefficient (Wildman–Crippen LogP) is 2.15. The first-order valence-corrected chi connectivity index (χ1v) is 6.79. The zero-order chi connectivity index (χ0) is 12.8. The third kappa shape index (κ3) is 3.72. The van der Waals surface area contributed by atoms with Crippen molar-refractivity contribution in [2.24, 2.45) is 5.92 Å². The lowest BCUT2D eigenvalue weighted by Gasteiger charge is -2.14. The maximum Gasteiger partial charge on any atom is 0.119 e. The fraction of sp³-hybridized carbons (Fsp3) is 0.600. The molecule has 0 unspecified atom stereocenters. The minimum atomic E-state index is -0.0633. The summed E-state index contributed by atoms with van der Waals surface area (Å²) in [4.78, 5) is 0. The zero-order valence-electron chi connectivity index (χ0n) is 10.7. The van der Waals surface area contributed by atoms with Gasteiger partial charge in [0.25, 0.3) is 0 Å². The molecular formula is C15H22O3. The number of hydrogen-bond donors (Lipinski definition) is 2. The van der Waals surface area contributed by atoms with E-state index in [1.165, 1.54) is 25.7 Å². The van der Waals surface area contributed by atoms with Gasteiger partial charge in [0, 0.05) is 19.1 Å². The summed E-state index contributed by atoms with van der Waals surface area (Å²) in [5, 5.41) is 18.1. The van der Waals surface area contributed by atoms with Crippen molar-refractivity contribution in [3.8, 4) is 5.75 Å². The Hall–Kier alpha value is -1.06. The van der Waals surface area contributed by atoms with Crippen LogP contribution in [-0.4, -0.2) is 29.5 Å². The van der Waals surface area contributed by atoms with Crippen molar-refractivity contribution in [3.63, 3.8) is 0 Å². The van der Waals surface area contributed by atoms with Crippen LogP contribution in [0.1, 0.15) is 31.2 Å². The topological polar surface area (TPSA) is 49.7 Å². The molecule has 2 N–H and O–H groups in total. The Kier molecular flexibility index (Phi) is 5.02. The molecule has 1 aromatic carbocycles. The molecule has 0 radical (unpaired) electrons. The highest BCUT2D eigenvalue weighted by Gasteiger charge is 2.16. The van der Waals surface area contributed by atoms with Crippen molar-refractivity contribution in [2.75, 3.05) is 13.2 Å². The number of rotatable bonds is 6.